The summed E-state index contributed by atoms with van der Waals surface area (Å²) in [5.74, 6) is 0.233. The number of nitrogens with zero attached hydrogens (tertiary/aromatic N) is 2. The molecule has 0 fully saturated rings. The third-order valence-corrected chi connectivity index (χ3v) is 5.78. The zero-order valence-corrected chi connectivity index (χ0v) is 18.9. The number of halogens is 1. The molecule has 0 N–H and O–H groups in total. The third-order valence-electron chi connectivity index (χ3n) is 5.29. The second kappa shape index (κ2) is 8.48. The average molecular weight is 487 g/mol. The minimum Gasteiger partial charge on any atom is -0.456 e. The van der Waals surface area contributed by atoms with E-state index < -0.39 is 5.97 Å². The molecule has 32 heavy (non-hydrogen) atoms. The van der Waals surface area contributed by atoms with Crippen LogP contribution in [0.2, 0.25) is 0 Å². The van der Waals surface area contributed by atoms with E-state index in [0.717, 1.165) is 32.2 Å². The summed E-state index contributed by atoms with van der Waals surface area (Å²) in [4.78, 5) is 17.6. The highest BCUT2D eigenvalue weighted by Crippen LogP contribution is 2.34. The van der Waals surface area contributed by atoms with Gasteiger partial charge in [-0.2, -0.15) is 0 Å². The Bertz CT molecular complexity index is 1410. The summed E-state index contributed by atoms with van der Waals surface area (Å²) in [5.41, 5.74) is 3.62. The van der Waals surface area contributed by atoms with E-state index in [4.69, 9.17) is 9.15 Å². The van der Waals surface area contributed by atoms with Crippen LogP contribution in [0.5, 0.6) is 0 Å². The number of carbonyl (C=O) groups excluding carboxylic acids is 1. The Kier molecular flexibility index (Phi) is 5.37. The van der Waals surface area contributed by atoms with Gasteiger partial charge in [-0.15, -0.1) is 0 Å². The molecule has 0 unspecified atom stereocenters. The van der Waals surface area contributed by atoms with E-state index in [1.165, 1.54) is 0 Å². The standard InChI is InChI=1S/C26H19BrN2O3/c1-29-21-13-12-20(27)14-19(21)15-22(29)24-23(26(30)31-16-17-8-4-2-5-9-17)28-25(32-24)18-10-6-3-7-11-18/h2-15H,16H2,1H3. The molecule has 2 heterocycles. The van der Waals surface area contributed by atoms with Crippen molar-refractivity contribution in [3.8, 4) is 22.9 Å². The second-order valence-corrected chi connectivity index (χ2v) is 8.33. The topological polar surface area (TPSA) is 57.3 Å². The fourth-order valence-corrected chi connectivity index (χ4v) is 4.04. The van der Waals surface area contributed by atoms with Crippen LogP contribution in [0.4, 0.5) is 0 Å². The fraction of sp³-hybridized carbons (Fsp3) is 0.0769. The molecule has 5 nitrogen and oxygen atoms in total. The molecule has 0 aliphatic rings. The Balaban J connectivity index is 1.59. The highest BCUT2D eigenvalue weighted by Gasteiger charge is 2.26. The second-order valence-electron chi connectivity index (χ2n) is 7.42. The molecule has 0 saturated carbocycles. The normalized spacial score (nSPS) is 11.1. The molecule has 0 amide bonds. The lowest BCUT2D eigenvalue weighted by molar-refractivity contribution is 0.0467. The zero-order chi connectivity index (χ0) is 22.1. The molecule has 5 rings (SSSR count). The Hall–Kier alpha value is -3.64. The summed E-state index contributed by atoms with van der Waals surface area (Å²) in [7, 11) is 1.94. The van der Waals surface area contributed by atoms with Crippen molar-refractivity contribution in [2.24, 2.45) is 7.05 Å². The number of hydrogen-bond donors (Lipinski definition) is 0. The molecule has 0 saturated heterocycles. The van der Waals surface area contributed by atoms with Crippen LogP contribution in [0.25, 0.3) is 33.8 Å². The summed E-state index contributed by atoms with van der Waals surface area (Å²) >= 11 is 3.52. The first-order chi connectivity index (χ1) is 15.6. The van der Waals surface area contributed by atoms with E-state index >= 15 is 0 Å². The van der Waals surface area contributed by atoms with Gasteiger partial charge in [0.1, 0.15) is 6.61 Å². The SMILES string of the molecule is Cn1c(-c2oc(-c3ccccc3)nc2C(=O)OCc2ccccc2)cc2cc(Br)ccc21. The van der Waals surface area contributed by atoms with Gasteiger partial charge < -0.3 is 13.7 Å². The molecule has 0 spiro atoms. The Labute approximate surface area is 193 Å². The van der Waals surface area contributed by atoms with Gasteiger partial charge in [0.2, 0.25) is 5.89 Å². The average Bonchev–Trinajstić information content (AvgIpc) is 3.40. The van der Waals surface area contributed by atoms with Crippen LogP contribution >= 0.6 is 15.9 Å². The number of oxazole rings is 1. The largest absolute Gasteiger partial charge is 0.456 e. The summed E-state index contributed by atoms with van der Waals surface area (Å²) in [6.07, 6.45) is 0. The fourth-order valence-electron chi connectivity index (χ4n) is 3.67. The lowest BCUT2D eigenvalue weighted by Gasteiger charge is -2.05. The van der Waals surface area contributed by atoms with E-state index in [0.29, 0.717) is 11.7 Å². The van der Waals surface area contributed by atoms with Crippen molar-refractivity contribution in [1.29, 1.82) is 0 Å². The molecule has 0 aliphatic carbocycles. The number of aromatic nitrogens is 2. The molecule has 0 radical (unpaired) electrons. The highest BCUT2D eigenvalue weighted by molar-refractivity contribution is 9.10. The van der Waals surface area contributed by atoms with Gasteiger partial charge in [-0.25, -0.2) is 9.78 Å². The molecule has 0 bridgehead atoms. The predicted octanol–water partition coefficient (Wildman–Crippen LogP) is 6.62. The Morgan fingerprint density at radius 3 is 2.47 bits per heavy atom. The van der Waals surface area contributed by atoms with Gasteiger partial charge in [-0.05, 0) is 42.0 Å². The molecule has 0 atom stereocenters. The van der Waals surface area contributed by atoms with E-state index in [9.17, 15) is 4.79 Å². The van der Waals surface area contributed by atoms with Crippen LogP contribution in [0.15, 0.2) is 93.8 Å². The lowest BCUT2D eigenvalue weighted by Crippen LogP contribution is -2.08. The lowest BCUT2D eigenvalue weighted by atomic mass is 10.2. The monoisotopic (exact) mass is 486 g/mol. The maximum absolute atomic E-state index is 13.1. The van der Waals surface area contributed by atoms with Crippen LogP contribution in [-0.2, 0) is 18.4 Å². The molecular weight excluding hydrogens is 468 g/mol. The first kappa shape index (κ1) is 20.3. The van der Waals surface area contributed by atoms with Crippen molar-refractivity contribution < 1.29 is 13.9 Å². The number of rotatable bonds is 5. The molecule has 6 heteroatoms. The molecule has 3 aromatic carbocycles. The van der Waals surface area contributed by atoms with Crippen LogP contribution in [0, 0.1) is 0 Å². The number of aryl methyl sites for hydroxylation is 1. The van der Waals surface area contributed by atoms with Gasteiger partial charge in [0.05, 0.1) is 5.69 Å². The number of ether oxygens (including phenoxy) is 1. The quantitative estimate of drug-likeness (QED) is 0.262. The van der Waals surface area contributed by atoms with Crippen LogP contribution in [0.3, 0.4) is 0 Å². The minimum atomic E-state index is -0.527. The first-order valence-corrected chi connectivity index (χ1v) is 10.9. The van der Waals surface area contributed by atoms with Crippen molar-refractivity contribution in [3.05, 3.63) is 101 Å². The predicted molar refractivity (Wildman–Crippen MR) is 127 cm³/mol. The number of esters is 1. The number of carbonyl (C=O) groups is 1. The van der Waals surface area contributed by atoms with Crippen molar-refractivity contribution in [2.45, 2.75) is 6.61 Å². The van der Waals surface area contributed by atoms with E-state index in [-0.39, 0.29) is 12.3 Å². The Morgan fingerprint density at radius 1 is 1.00 bits per heavy atom. The summed E-state index contributed by atoms with van der Waals surface area (Å²) in [6, 6.07) is 27.1. The van der Waals surface area contributed by atoms with E-state index in [1.54, 1.807) is 0 Å². The number of benzene rings is 3. The van der Waals surface area contributed by atoms with E-state index in [1.807, 2.05) is 96.5 Å². The molecular formula is C26H19BrN2O3. The van der Waals surface area contributed by atoms with Gasteiger partial charge in [0.15, 0.2) is 11.5 Å². The van der Waals surface area contributed by atoms with Crippen LogP contribution in [0.1, 0.15) is 16.1 Å². The van der Waals surface area contributed by atoms with Gasteiger partial charge in [0.25, 0.3) is 0 Å². The van der Waals surface area contributed by atoms with Crippen molar-refractivity contribution in [1.82, 2.24) is 9.55 Å². The maximum Gasteiger partial charge on any atom is 0.361 e. The third kappa shape index (κ3) is 3.85. The van der Waals surface area contributed by atoms with Crippen LogP contribution < -0.4 is 0 Å². The zero-order valence-electron chi connectivity index (χ0n) is 17.3. The van der Waals surface area contributed by atoms with Gasteiger partial charge >= 0.3 is 5.97 Å². The van der Waals surface area contributed by atoms with Gasteiger partial charge in [0, 0.05) is 28.0 Å². The molecule has 158 valence electrons. The molecule has 0 aliphatic heterocycles. The summed E-state index contributed by atoms with van der Waals surface area (Å²) in [5, 5.41) is 1.03. The highest BCUT2D eigenvalue weighted by atomic mass is 79.9. The summed E-state index contributed by atoms with van der Waals surface area (Å²) < 4.78 is 14.7. The maximum atomic E-state index is 13.1. The Morgan fingerprint density at radius 2 is 1.72 bits per heavy atom. The number of fused-ring (bicyclic) bond motifs is 1. The smallest absolute Gasteiger partial charge is 0.361 e. The van der Waals surface area contributed by atoms with Crippen LogP contribution in [-0.4, -0.2) is 15.5 Å². The van der Waals surface area contributed by atoms with Gasteiger partial charge in [-0.3, -0.25) is 0 Å². The van der Waals surface area contributed by atoms with Gasteiger partial charge in [-0.1, -0.05) is 64.5 Å². The molecule has 5 aromatic rings. The van der Waals surface area contributed by atoms with Crippen molar-refractivity contribution >= 4 is 32.8 Å². The van der Waals surface area contributed by atoms with E-state index in [2.05, 4.69) is 20.9 Å². The summed E-state index contributed by atoms with van der Waals surface area (Å²) in [6.45, 7) is 0.161. The number of hydrogen-bond acceptors (Lipinski definition) is 4. The van der Waals surface area contributed by atoms with Crippen molar-refractivity contribution in [3.63, 3.8) is 0 Å². The molecule has 2 aromatic heterocycles. The first-order valence-electron chi connectivity index (χ1n) is 10.1. The van der Waals surface area contributed by atoms with Crippen molar-refractivity contribution in [2.75, 3.05) is 0 Å². The minimum absolute atomic E-state index is 0.157.